The van der Waals surface area contributed by atoms with E-state index in [1.54, 1.807) is 0 Å². The van der Waals surface area contributed by atoms with Crippen LogP contribution in [0, 0.1) is 5.41 Å². The molecule has 3 aliphatic rings. The number of carbonyl (C=O) groups excluding carboxylic acids is 2. The summed E-state index contributed by atoms with van der Waals surface area (Å²) in [5.41, 5.74) is -0.0144. The Bertz CT molecular complexity index is 724. The maximum Gasteiger partial charge on any atom is 0.317 e. The molecule has 1 aromatic rings. The number of hydrogen-bond donors (Lipinski definition) is 2. The lowest BCUT2D eigenvalue weighted by molar-refractivity contribution is 0.0910. The molecule has 2 fully saturated rings. The largest absolute Gasteiger partial charge is 0.347 e. The number of nitrogens with zero attached hydrogens (tertiary/aromatic N) is 4. The second kappa shape index (κ2) is 7.13. The molecule has 3 heterocycles. The Morgan fingerprint density at radius 2 is 1.93 bits per heavy atom. The van der Waals surface area contributed by atoms with Crippen LogP contribution in [0.3, 0.4) is 0 Å². The van der Waals surface area contributed by atoms with Crippen LogP contribution in [0.4, 0.5) is 4.79 Å². The number of carbonyl (C=O) groups is 2. The van der Waals surface area contributed by atoms with Gasteiger partial charge < -0.3 is 20.1 Å². The van der Waals surface area contributed by atoms with Crippen molar-refractivity contribution in [2.45, 2.75) is 77.4 Å². The van der Waals surface area contributed by atoms with Gasteiger partial charge in [0.05, 0.1) is 0 Å². The van der Waals surface area contributed by atoms with Crippen LogP contribution in [0.1, 0.15) is 68.8 Å². The van der Waals surface area contributed by atoms with Crippen molar-refractivity contribution in [3.05, 3.63) is 11.6 Å². The van der Waals surface area contributed by atoms with Gasteiger partial charge in [-0.05, 0) is 33.1 Å². The third-order valence-electron chi connectivity index (χ3n) is 6.14. The standard InChI is InChI=1S/C19H30N6O2/c1-13(2)20-18(27)24-9-8-19(11-24)10-15-22-23-16(25(15)12-19)17(26)21-14-6-4-3-5-7-14/h13-14H,3-12H2,1-2H3,(H,20,27)(H,21,26). The van der Waals surface area contributed by atoms with E-state index in [4.69, 9.17) is 0 Å². The predicted octanol–water partition coefficient (Wildman–Crippen LogP) is 1.71. The molecule has 1 spiro atoms. The van der Waals surface area contributed by atoms with Crippen molar-refractivity contribution in [2.24, 2.45) is 5.41 Å². The van der Waals surface area contributed by atoms with Gasteiger partial charge in [-0.25, -0.2) is 4.79 Å². The van der Waals surface area contributed by atoms with Crippen LogP contribution in [0.5, 0.6) is 0 Å². The Morgan fingerprint density at radius 1 is 1.15 bits per heavy atom. The highest BCUT2D eigenvalue weighted by molar-refractivity contribution is 5.91. The number of urea groups is 1. The summed E-state index contributed by atoms with van der Waals surface area (Å²) in [6.45, 7) is 6.11. The lowest BCUT2D eigenvalue weighted by atomic mass is 9.86. The quantitative estimate of drug-likeness (QED) is 0.842. The fourth-order valence-electron chi connectivity index (χ4n) is 4.74. The Morgan fingerprint density at radius 3 is 2.67 bits per heavy atom. The van der Waals surface area contributed by atoms with Crippen molar-refractivity contribution >= 4 is 11.9 Å². The number of amides is 3. The minimum atomic E-state index is -0.106. The first-order valence-corrected chi connectivity index (χ1v) is 10.2. The molecule has 8 nitrogen and oxygen atoms in total. The third-order valence-corrected chi connectivity index (χ3v) is 6.14. The van der Waals surface area contributed by atoms with Gasteiger partial charge in [-0.3, -0.25) is 4.79 Å². The van der Waals surface area contributed by atoms with Gasteiger partial charge in [0, 0.05) is 43.6 Å². The normalized spacial score (nSPS) is 25.2. The molecule has 27 heavy (non-hydrogen) atoms. The molecule has 1 saturated heterocycles. The molecule has 0 radical (unpaired) electrons. The molecular formula is C19H30N6O2. The van der Waals surface area contributed by atoms with Gasteiger partial charge in [0.1, 0.15) is 5.82 Å². The van der Waals surface area contributed by atoms with E-state index in [1.807, 2.05) is 23.3 Å². The predicted molar refractivity (Wildman–Crippen MR) is 100 cm³/mol. The fourth-order valence-corrected chi connectivity index (χ4v) is 4.74. The first-order chi connectivity index (χ1) is 13.0. The summed E-state index contributed by atoms with van der Waals surface area (Å²) in [5, 5.41) is 14.6. The van der Waals surface area contributed by atoms with Crippen LogP contribution in [0.2, 0.25) is 0 Å². The van der Waals surface area contributed by atoms with Crippen LogP contribution in [0.15, 0.2) is 0 Å². The van der Waals surface area contributed by atoms with Crippen molar-refractivity contribution in [3.8, 4) is 0 Å². The van der Waals surface area contributed by atoms with Crippen LogP contribution in [-0.4, -0.2) is 56.8 Å². The van der Waals surface area contributed by atoms with E-state index in [0.29, 0.717) is 18.9 Å². The van der Waals surface area contributed by atoms with Crippen molar-refractivity contribution in [1.82, 2.24) is 30.3 Å². The van der Waals surface area contributed by atoms with Gasteiger partial charge in [0.2, 0.25) is 5.82 Å². The van der Waals surface area contributed by atoms with Gasteiger partial charge in [-0.15, -0.1) is 10.2 Å². The van der Waals surface area contributed by atoms with E-state index in [-0.39, 0.29) is 29.4 Å². The first kappa shape index (κ1) is 18.3. The number of hydrogen-bond acceptors (Lipinski definition) is 4. The molecule has 148 valence electrons. The minimum absolute atomic E-state index is 0.000180. The number of fused-ring (bicyclic) bond motifs is 1. The summed E-state index contributed by atoms with van der Waals surface area (Å²) in [5.74, 6) is 1.19. The summed E-state index contributed by atoms with van der Waals surface area (Å²) in [4.78, 5) is 26.9. The van der Waals surface area contributed by atoms with Crippen molar-refractivity contribution < 1.29 is 9.59 Å². The molecule has 1 aromatic heterocycles. The summed E-state index contributed by atoms with van der Waals surface area (Å²) in [6.07, 6.45) is 7.44. The van der Waals surface area contributed by atoms with E-state index < -0.39 is 0 Å². The average molecular weight is 374 g/mol. The third kappa shape index (κ3) is 3.66. The van der Waals surface area contributed by atoms with E-state index >= 15 is 0 Å². The van der Waals surface area contributed by atoms with Crippen LogP contribution >= 0.6 is 0 Å². The summed E-state index contributed by atoms with van der Waals surface area (Å²) in [6, 6.07) is 0.392. The Kier molecular flexibility index (Phi) is 4.82. The molecule has 8 heteroatoms. The molecule has 4 rings (SSSR count). The number of rotatable bonds is 3. The smallest absolute Gasteiger partial charge is 0.317 e. The lowest BCUT2D eigenvalue weighted by Gasteiger charge is -2.24. The molecule has 1 atom stereocenters. The second-order valence-corrected chi connectivity index (χ2v) is 8.79. The number of nitrogens with one attached hydrogen (secondary N) is 2. The molecule has 3 amide bonds. The highest BCUT2D eigenvalue weighted by atomic mass is 16.2. The summed E-state index contributed by atoms with van der Waals surface area (Å²) >= 11 is 0. The molecule has 0 aromatic carbocycles. The van der Waals surface area contributed by atoms with Crippen LogP contribution in [0.25, 0.3) is 0 Å². The SMILES string of the molecule is CC(C)NC(=O)N1CCC2(Cc3nnc(C(=O)NC4CCCCC4)n3C2)C1. The molecule has 2 N–H and O–H groups in total. The maximum absolute atomic E-state index is 12.7. The van der Waals surface area contributed by atoms with Crippen LogP contribution < -0.4 is 10.6 Å². The van der Waals surface area contributed by atoms with E-state index in [9.17, 15) is 9.59 Å². The first-order valence-electron chi connectivity index (χ1n) is 10.2. The molecule has 1 unspecified atom stereocenters. The highest BCUT2D eigenvalue weighted by Crippen LogP contribution is 2.40. The summed E-state index contributed by atoms with van der Waals surface area (Å²) < 4.78 is 1.97. The van der Waals surface area contributed by atoms with Gasteiger partial charge in [0.15, 0.2) is 0 Å². The van der Waals surface area contributed by atoms with E-state index in [1.165, 1.54) is 19.3 Å². The van der Waals surface area contributed by atoms with Gasteiger partial charge in [0.25, 0.3) is 5.91 Å². The Balaban J connectivity index is 1.41. The van der Waals surface area contributed by atoms with Gasteiger partial charge in [-0.1, -0.05) is 19.3 Å². The second-order valence-electron chi connectivity index (χ2n) is 8.79. The van der Waals surface area contributed by atoms with E-state index in [0.717, 1.165) is 38.1 Å². The number of likely N-dealkylation sites (tertiary alicyclic amines) is 1. The van der Waals surface area contributed by atoms with Crippen molar-refractivity contribution in [1.29, 1.82) is 0 Å². The lowest BCUT2D eigenvalue weighted by Crippen LogP contribution is -2.43. The minimum Gasteiger partial charge on any atom is -0.347 e. The Hall–Kier alpha value is -2.12. The molecule has 0 bridgehead atoms. The molecule has 2 aliphatic heterocycles. The molecule has 1 saturated carbocycles. The monoisotopic (exact) mass is 374 g/mol. The summed E-state index contributed by atoms with van der Waals surface area (Å²) in [7, 11) is 0. The Labute approximate surface area is 160 Å². The fraction of sp³-hybridized carbons (Fsp3) is 0.789. The topological polar surface area (TPSA) is 92.2 Å². The van der Waals surface area contributed by atoms with Crippen LogP contribution in [-0.2, 0) is 13.0 Å². The zero-order valence-corrected chi connectivity index (χ0v) is 16.3. The van der Waals surface area contributed by atoms with Gasteiger partial charge in [-0.2, -0.15) is 0 Å². The molecule has 1 aliphatic carbocycles. The van der Waals surface area contributed by atoms with Gasteiger partial charge >= 0.3 is 6.03 Å². The number of aromatic nitrogens is 3. The van der Waals surface area contributed by atoms with E-state index in [2.05, 4.69) is 20.8 Å². The average Bonchev–Trinajstić information content (AvgIpc) is 3.30. The highest BCUT2D eigenvalue weighted by Gasteiger charge is 2.46. The van der Waals surface area contributed by atoms with Crippen molar-refractivity contribution in [3.63, 3.8) is 0 Å². The maximum atomic E-state index is 12.7. The zero-order valence-electron chi connectivity index (χ0n) is 16.3. The zero-order chi connectivity index (χ0) is 19.0. The molecular weight excluding hydrogens is 344 g/mol. The van der Waals surface area contributed by atoms with Crippen molar-refractivity contribution in [2.75, 3.05) is 13.1 Å².